The molecule has 7 N–H and O–H groups in total. The lowest BCUT2D eigenvalue weighted by Crippen LogP contribution is -2.39. The van der Waals surface area contributed by atoms with E-state index in [2.05, 4.69) is 25.5 Å². The molecule has 0 aliphatic carbocycles. The van der Waals surface area contributed by atoms with Gasteiger partial charge in [0.1, 0.15) is 17.2 Å². The molecule has 0 atom stereocenters. The number of carbonyl (C=O) groups is 3. The van der Waals surface area contributed by atoms with Crippen molar-refractivity contribution in [1.82, 2.24) is 39.7 Å². The van der Waals surface area contributed by atoms with Crippen LogP contribution in [0.5, 0.6) is 0 Å². The topological polar surface area (TPSA) is 195 Å². The first-order valence-electron chi connectivity index (χ1n) is 17.0. The molecule has 0 spiro atoms. The fourth-order valence-electron chi connectivity index (χ4n) is 6.70. The van der Waals surface area contributed by atoms with Crippen LogP contribution in [0.2, 0.25) is 0 Å². The predicted octanol–water partition coefficient (Wildman–Crippen LogP) is 4.83. The number of nitrogens with zero attached hydrogens (tertiary/aromatic N) is 5. The number of nitrogens with two attached hydrogens (primary N) is 2. The number of H-pyrrole nitrogens is 2. The summed E-state index contributed by atoms with van der Waals surface area (Å²) in [6.07, 6.45) is 0.925. The van der Waals surface area contributed by atoms with Crippen molar-refractivity contribution in [3.63, 3.8) is 0 Å². The maximum absolute atomic E-state index is 13.2. The summed E-state index contributed by atoms with van der Waals surface area (Å²) >= 11 is 0. The van der Waals surface area contributed by atoms with Gasteiger partial charge in [-0.3, -0.25) is 9.59 Å². The van der Waals surface area contributed by atoms with Gasteiger partial charge in [-0.1, -0.05) is 12.1 Å². The molecule has 14 heteroatoms. The quantitative estimate of drug-likeness (QED) is 0.169. The number of fused-ring (bicyclic) bond motifs is 4. The van der Waals surface area contributed by atoms with Crippen LogP contribution in [0.15, 0.2) is 48.5 Å². The Morgan fingerprint density at radius 2 is 1.31 bits per heavy atom. The fraction of sp³-hybridized carbons (Fsp3) is 0.324. The largest absolute Gasteiger partial charge is 0.444 e. The highest BCUT2D eigenvalue weighted by Crippen LogP contribution is 2.28. The van der Waals surface area contributed by atoms with Gasteiger partial charge in [0.05, 0.1) is 29.1 Å². The van der Waals surface area contributed by atoms with Gasteiger partial charge in [0.25, 0.3) is 11.8 Å². The number of hydrogen-bond donors (Lipinski definition) is 5. The summed E-state index contributed by atoms with van der Waals surface area (Å²) in [5.41, 5.74) is 20.1. The standard InChI is InChI=1S/C21H25N5O3.C16H17N5O/c1-12-10-14-13(6-5-7-16(14)23-12)19(27)26-18(22)15-11-25(9-8-17(15)24-26)20(28)29-21(2,3)4;1-9-7-11-10(3-2-4-13(11)19-9)16(22)21-15(17)12-8-18-6-5-14(12)20-21/h5-7,10,23H,8-9,11,22H2,1-4H3;2-4,7,18-19H,5-6,8,17H2,1H3. The smallest absolute Gasteiger partial charge is 0.410 e. The molecule has 0 radical (unpaired) electrons. The van der Waals surface area contributed by atoms with Gasteiger partial charge >= 0.3 is 6.09 Å². The first-order chi connectivity index (χ1) is 24.3. The van der Waals surface area contributed by atoms with Crippen LogP contribution in [-0.2, 0) is 30.7 Å². The van der Waals surface area contributed by atoms with Crippen LogP contribution in [0.4, 0.5) is 16.4 Å². The Labute approximate surface area is 294 Å². The highest BCUT2D eigenvalue weighted by Gasteiger charge is 2.31. The molecule has 51 heavy (non-hydrogen) atoms. The van der Waals surface area contributed by atoms with Gasteiger partial charge < -0.3 is 36.4 Å². The number of nitrogen functional groups attached to an aromatic ring is 2. The molecule has 0 bridgehead atoms. The van der Waals surface area contributed by atoms with Crippen LogP contribution in [0.1, 0.15) is 75.4 Å². The Kier molecular flexibility index (Phi) is 8.42. The van der Waals surface area contributed by atoms with Crippen molar-refractivity contribution in [2.45, 2.75) is 66.2 Å². The van der Waals surface area contributed by atoms with E-state index in [0.29, 0.717) is 42.0 Å². The fourth-order valence-corrected chi connectivity index (χ4v) is 6.70. The van der Waals surface area contributed by atoms with E-state index in [-0.39, 0.29) is 24.2 Å². The lowest BCUT2D eigenvalue weighted by atomic mass is 10.1. The number of aryl methyl sites for hydroxylation is 2. The van der Waals surface area contributed by atoms with Crippen LogP contribution < -0.4 is 16.8 Å². The van der Waals surface area contributed by atoms with E-state index in [1.807, 2.05) is 77.1 Å². The third kappa shape index (κ3) is 6.34. The third-order valence-electron chi connectivity index (χ3n) is 9.12. The molecule has 4 aromatic heterocycles. The molecule has 6 aromatic rings. The number of aromatic amines is 2. The normalized spacial score (nSPS) is 14.2. The van der Waals surface area contributed by atoms with Crippen molar-refractivity contribution >= 4 is 51.3 Å². The lowest BCUT2D eigenvalue weighted by Gasteiger charge is -2.29. The molecule has 0 fully saturated rings. The second kappa shape index (κ2) is 12.8. The van der Waals surface area contributed by atoms with E-state index < -0.39 is 11.7 Å². The molecule has 0 saturated carbocycles. The number of anilines is 2. The maximum atomic E-state index is 13.2. The Morgan fingerprint density at radius 1 is 0.784 bits per heavy atom. The number of nitrogens with one attached hydrogen (secondary N) is 3. The van der Waals surface area contributed by atoms with Crippen molar-refractivity contribution in [1.29, 1.82) is 0 Å². The molecular weight excluding hydrogens is 648 g/mol. The van der Waals surface area contributed by atoms with Crippen LogP contribution in [0.25, 0.3) is 21.8 Å². The molecule has 264 valence electrons. The first kappa shape index (κ1) is 33.6. The minimum absolute atomic E-state index is 0.184. The van der Waals surface area contributed by atoms with Crippen molar-refractivity contribution in [3.8, 4) is 0 Å². The SMILES string of the molecule is Cc1cc2c(C(=O)n3nc4c(c3N)CN(C(=O)OC(C)(C)C)CC4)cccc2[nH]1.Cc1cc2c(C(=O)n3nc4c(c3N)CNCC4)cccc2[nH]1. The van der Waals surface area contributed by atoms with E-state index >= 15 is 0 Å². The summed E-state index contributed by atoms with van der Waals surface area (Å²) in [6.45, 7) is 11.7. The summed E-state index contributed by atoms with van der Waals surface area (Å²) in [5.74, 6) is 0.237. The van der Waals surface area contributed by atoms with Crippen LogP contribution >= 0.6 is 0 Å². The second-order valence-electron chi connectivity index (χ2n) is 14.1. The number of ether oxygens (including phenoxy) is 1. The average molecular weight is 691 g/mol. The number of aromatic nitrogens is 6. The van der Waals surface area contributed by atoms with Crippen LogP contribution in [0.3, 0.4) is 0 Å². The number of hydrogen-bond acceptors (Lipinski definition) is 9. The first-order valence-corrected chi connectivity index (χ1v) is 17.0. The highest BCUT2D eigenvalue weighted by atomic mass is 16.6. The summed E-state index contributed by atoms with van der Waals surface area (Å²) < 4.78 is 8.05. The second-order valence-corrected chi connectivity index (χ2v) is 14.1. The van der Waals surface area contributed by atoms with Gasteiger partial charge in [0.2, 0.25) is 0 Å². The van der Waals surface area contributed by atoms with Crippen LogP contribution in [0, 0.1) is 13.8 Å². The zero-order valence-electron chi connectivity index (χ0n) is 29.4. The van der Waals surface area contributed by atoms with Crippen molar-refractivity contribution < 1.29 is 19.1 Å². The molecular formula is C37H42N10O4. The van der Waals surface area contributed by atoms with E-state index in [4.69, 9.17) is 16.2 Å². The van der Waals surface area contributed by atoms with Crippen molar-refractivity contribution in [2.24, 2.45) is 0 Å². The predicted molar refractivity (Wildman–Crippen MR) is 195 cm³/mol. The zero-order chi connectivity index (χ0) is 36.2. The number of rotatable bonds is 2. The molecule has 8 rings (SSSR count). The summed E-state index contributed by atoms with van der Waals surface area (Å²) in [4.78, 5) is 46.6. The zero-order valence-corrected chi connectivity index (χ0v) is 29.4. The molecule has 2 aromatic carbocycles. The Morgan fingerprint density at radius 3 is 1.84 bits per heavy atom. The molecule has 2 aliphatic rings. The Bertz CT molecular complexity index is 2330. The van der Waals surface area contributed by atoms with Crippen LogP contribution in [-0.4, -0.2) is 71.0 Å². The minimum Gasteiger partial charge on any atom is -0.444 e. The summed E-state index contributed by atoms with van der Waals surface area (Å²) in [5, 5.41) is 13.9. The van der Waals surface area contributed by atoms with Gasteiger partial charge in [-0.05, 0) is 71.0 Å². The molecule has 14 nitrogen and oxygen atoms in total. The monoisotopic (exact) mass is 690 g/mol. The van der Waals surface area contributed by atoms with E-state index in [1.165, 1.54) is 9.36 Å². The summed E-state index contributed by atoms with van der Waals surface area (Å²) in [6, 6.07) is 15.1. The molecule has 0 unspecified atom stereocenters. The third-order valence-corrected chi connectivity index (χ3v) is 9.12. The van der Waals surface area contributed by atoms with E-state index in [1.54, 1.807) is 11.0 Å². The summed E-state index contributed by atoms with van der Waals surface area (Å²) in [7, 11) is 0. The average Bonchev–Trinajstić information content (AvgIpc) is 3.85. The maximum Gasteiger partial charge on any atom is 0.410 e. The number of carbonyl (C=O) groups excluding carboxylic acids is 3. The van der Waals surface area contributed by atoms with Crippen molar-refractivity contribution in [3.05, 3.63) is 93.6 Å². The Hall–Kier alpha value is -5.89. The number of benzene rings is 2. The van der Waals surface area contributed by atoms with Crippen molar-refractivity contribution in [2.75, 3.05) is 24.6 Å². The molecule has 2 aliphatic heterocycles. The Balaban J connectivity index is 0.000000165. The van der Waals surface area contributed by atoms with E-state index in [9.17, 15) is 14.4 Å². The molecule has 1 amide bonds. The number of amides is 1. The lowest BCUT2D eigenvalue weighted by molar-refractivity contribution is 0.0224. The van der Waals surface area contributed by atoms with E-state index in [0.717, 1.165) is 63.1 Å². The molecule has 0 saturated heterocycles. The van der Waals surface area contributed by atoms with Gasteiger partial charge in [-0.25, -0.2) is 4.79 Å². The van der Waals surface area contributed by atoms with Gasteiger partial charge in [-0.15, -0.1) is 0 Å². The molecule has 6 heterocycles. The van der Waals surface area contributed by atoms with Gasteiger partial charge in [-0.2, -0.15) is 19.6 Å². The minimum atomic E-state index is -0.573. The highest BCUT2D eigenvalue weighted by molar-refractivity contribution is 6.09. The van der Waals surface area contributed by atoms with Gasteiger partial charge in [0.15, 0.2) is 0 Å². The van der Waals surface area contributed by atoms with Gasteiger partial charge in [0, 0.05) is 76.8 Å².